The fourth-order valence-electron chi connectivity index (χ4n) is 1.68. The Morgan fingerprint density at radius 2 is 2.11 bits per heavy atom. The summed E-state index contributed by atoms with van der Waals surface area (Å²) in [5.41, 5.74) is 0.784. The third-order valence-electron chi connectivity index (χ3n) is 2.83. The van der Waals surface area contributed by atoms with Gasteiger partial charge in [0, 0.05) is 25.6 Å². The molecule has 1 rings (SSSR count). The van der Waals surface area contributed by atoms with Gasteiger partial charge < -0.3 is 14.4 Å². The van der Waals surface area contributed by atoms with E-state index in [1.54, 1.807) is 14.0 Å². The summed E-state index contributed by atoms with van der Waals surface area (Å²) in [7, 11) is 1.58. The number of furan rings is 1. The Kier molecular flexibility index (Phi) is 4.53. The van der Waals surface area contributed by atoms with Gasteiger partial charge >= 0.3 is 5.97 Å². The molecule has 5 nitrogen and oxygen atoms in total. The molecule has 1 amide bonds. The van der Waals surface area contributed by atoms with Gasteiger partial charge in [-0.3, -0.25) is 9.59 Å². The van der Waals surface area contributed by atoms with Crippen molar-refractivity contribution in [2.24, 2.45) is 5.92 Å². The van der Waals surface area contributed by atoms with Crippen LogP contribution in [0.5, 0.6) is 0 Å². The van der Waals surface area contributed by atoms with Crippen LogP contribution in [0.15, 0.2) is 10.5 Å². The average Bonchev–Trinajstić information content (AvgIpc) is 2.69. The van der Waals surface area contributed by atoms with Crippen molar-refractivity contribution in [2.75, 3.05) is 13.6 Å². The van der Waals surface area contributed by atoms with Gasteiger partial charge in [0.2, 0.25) is 0 Å². The van der Waals surface area contributed by atoms with E-state index in [0.717, 1.165) is 17.7 Å². The fraction of sp³-hybridized carbons (Fsp3) is 0.538. The minimum atomic E-state index is -0.917. The molecule has 0 aliphatic heterocycles. The number of carboxylic acid groups (broad SMARTS) is 1. The van der Waals surface area contributed by atoms with Crippen molar-refractivity contribution in [3.63, 3.8) is 0 Å². The highest BCUT2D eigenvalue weighted by molar-refractivity contribution is 5.93. The molecule has 1 N–H and O–H groups in total. The number of carbonyl (C=O) groups excluding carboxylic acids is 1. The highest BCUT2D eigenvalue weighted by Crippen LogP contribution is 2.17. The van der Waals surface area contributed by atoms with Crippen LogP contribution in [0, 0.1) is 12.8 Å². The fourth-order valence-corrected chi connectivity index (χ4v) is 1.68. The van der Waals surface area contributed by atoms with Crippen molar-refractivity contribution in [1.29, 1.82) is 0 Å². The Morgan fingerprint density at radius 3 is 2.56 bits per heavy atom. The Morgan fingerprint density at radius 1 is 1.50 bits per heavy atom. The topological polar surface area (TPSA) is 70.8 Å². The van der Waals surface area contributed by atoms with Gasteiger partial charge in [-0.1, -0.05) is 13.8 Å². The van der Waals surface area contributed by atoms with E-state index in [1.165, 1.54) is 4.90 Å². The summed E-state index contributed by atoms with van der Waals surface area (Å²) < 4.78 is 5.45. The first-order chi connectivity index (χ1) is 8.36. The van der Waals surface area contributed by atoms with Gasteiger partial charge in [0.1, 0.15) is 5.76 Å². The van der Waals surface area contributed by atoms with E-state index in [-0.39, 0.29) is 12.5 Å². The van der Waals surface area contributed by atoms with Crippen molar-refractivity contribution >= 4 is 11.9 Å². The predicted molar refractivity (Wildman–Crippen MR) is 66.6 cm³/mol. The molecule has 1 heterocycles. The van der Waals surface area contributed by atoms with E-state index in [1.807, 2.05) is 19.9 Å². The molecule has 0 saturated heterocycles. The second-order valence-electron chi connectivity index (χ2n) is 4.50. The van der Waals surface area contributed by atoms with Gasteiger partial charge in [0.05, 0.1) is 5.92 Å². The Hall–Kier alpha value is -1.78. The number of hydrogen-bond donors (Lipinski definition) is 1. The quantitative estimate of drug-likeness (QED) is 0.870. The van der Waals surface area contributed by atoms with E-state index in [4.69, 9.17) is 9.52 Å². The van der Waals surface area contributed by atoms with Crippen molar-refractivity contribution in [3.05, 3.63) is 23.2 Å². The van der Waals surface area contributed by atoms with E-state index in [9.17, 15) is 9.59 Å². The minimum absolute atomic E-state index is 0.162. The van der Waals surface area contributed by atoms with Crippen LogP contribution < -0.4 is 0 Å². The van der Waals surface area contributed by atoms with E-state index >= 15 is 0 Å². The third kappa shape index (κ3) is 3.12. The largest absolute Gasteiger partial charge is 0.481 e. The van der Waals surface area contributed by atoms with Gasteiger partial charge in [0.15, 0.2) is 5.76 Å². The molecular formula is C13H19NO4. The minimum Gasteiger partial charge on any atom is -0.481 e. The molecular weight excluding hydrogens is 234 g/mol. The first-order valence-electron chi connectivity index (χ1n) is 5.94. The molecule has 0 aliphatic rings. The zero-order valence-corrected chi connectivity index (χ0v) is 11.2. The maximum Gasteiger partial charge on any atom is 0.308 e. The highest BCUT2D eigenvalue weighted by Gasteiger charge is 2.22. The zero-order valence-electron chi connectivity index (χ0n) is 11.2. The standard InChI is InChI=1S/C13H19NO4/c1-5-10-6-8(2)11(18-10)12(15)14(4)7-9(3)13(16)17/h6,9H,5,7H2,1-4H3,(H,16,17)/t9-/m0/s1. The number of hydrogen-bond acceptors (Lipinski definition) is 3. The summed E-state index contributed by atoms with van der Waals surface area (Å²) in [4.78, 5) is 24.2. The molecule has 18 heavy (non-hydrogen) atoms. The Balaban J connectivity index is 2.79. The number of nitrogens with zero attached hydrogens (tertiary/aromatic N) is 1. The lowest BCUT2D eigenvalue weighted by atomic mass is 10.1. The normalized spacial score (nSPS) is 12.2. The zero-order chi connectivity index (χ0) is 13.9. The van der Waals surface area contributed by atoms with Gasteiger partial charge in [0.25, 0.3) is 5.91 Å². The van der Waals surface area contributed by atoms with Crippen LogP contribution in [0.2, 0.25) is 0 Å². The highest BCUT2D eigenvalue weighted by atomic mass is 16.4. The molecule has 0 radical (unpaired) electrons. The van der Waals surface area contributed by atoms with Crippen LogP contribution >= 0.6 is 0 Å². The number of aliphatic carboxylic acids is 1. The number of carboxylic acids is 1. The smallest absolute Gasteiger partial charge is 0.308 e. The summed E-state index contributed by atoms with van der Waals surface area (Å²) in [5.74, 6) is -0.734. The molecule has 0 unspecified atom stereocenters. The average molecular weight is 253 g/mol. The van der Waals surface area contributed by atoms with Crippen LogP contribution in [0.25, 0.3) is 0 Å². The SMILES string of the molecule is CCc1cc(C)c(C(=O)N(C)C[C@H](C)C(=O)O)o1. The lowest BCUT2D eigenvalue weighted by Crippen LogP contribution is -2.33. The van der Waals surface area contributed by atoms with Gasteiger partial charge in [-0.15, -0.1) is 0 Å². The van der Waals surface area contributed by atoms with Crippen molar-refractivity contribution in [3.8, 4) is 0 Å². The Labute approximate surface area is 106 Å². The van der Waals surface area contributed by atoms with Crippen LogP contribution in [0.1, 0.15) is 35.7 Å². The van der Waals surface area contributed by atoms with Crippen LogP contribution in [-0.2, 0) is 11.2 Å². The van der Waals surface area contributed by atoms with Crippen LogP contribution in [-0.4, -0.2) is 35.5 Å². The van der Waals surface area contributed by atoms with Gasteiger partial charge in [-0.2, -0.15) is 0 Å². The number of amides is 1. The second-order valence-corrected chi connectivity index (χ2v) is 4.50. The lowest BCUT2D eigenvalue weighted by Gasteiger charge is -2.18. The molecule has 0 saturated carbocycles. The number of aryl methyl sites for hydroxylation is 2. The molecule has 0 spiro atoms. The molecule has 0 aromatic carbocycles. The monoisotopic (exact) mass is 253 g/mol. The number of carbonyl (C=O) groups is 2. The maximum atomic E-state index is 12.1. The van der Waals surface area contributed by atoms with Gasteiger partial charge in [-0.05, 0) is 13.0 Å². The molecule has 1 aromatic heterocycles. The third-order valence-corrected chi connectivity index (χ3v) is 2.83. The summed E-state index contributed by atoms with van der Waals surface area (Å²) >= 11 is 0. The molecule has 1 aromatic rings. The molecule has 100 valence electrons. The van der Waals surface area contributed by atoms with Crippen molar-refractivity contribution in [2.45, 2.75) is 27.2 Å². The van der Waals surface area contributed by atoms with E-state index in [0.29, 0.717) is 5.76 Å². The van der Waals surface area contributed by atoms with E-state index in [2.05, 4.69) is 0 Å². The molecule has 1 atom stereocenters. The second kappa shape index (κ2) is 5.71. The molecule has 0 aliphatic carbocycles. The van der Waals surface area contributed by atoms with E-state index < -0.39 is 11.9 Å². The van der Waals surface area contributed by atoms with Gasteiger partial charge in [-0.25, -0.2) is 0 Å². The predicted octanol–water partition coefficient (Wildman–Crippen LogP) is 1.94. The summed E-state index contributed by atoms with van der Waals surface area (Å²) in [5, 5.41) is 8.82. The lowest BCUT2D eigenvalue weighted by molar-refractivity contribution is -0.141. The first kappa shape index (κ1) is 14.3. The first-order valence-corrected chi connectivity index (χ1v) is 5.94. The Bertz CT molecular complexity index is 450. The van der Waals surface area contributed by atoms with Crippen LogP contribution in [0.3, 0.4) is 0 Å². The maximum absolute atomic E-state index is 12.1. The molecule has 0 bridgehead atoms. The van der Waals surface area contributed by atoms with Crippen molar-refractivity contribution < 1.29 is 19.1 Å². The molecule has 5 heteroatoms. The van der Waals surface area contributed by atoms with Crippen LogP contribution in [0.4, 0.5) is 0 Å². The summed E-state index contributed by atoms with van der Waals surface area (Å²) in [6.45, 7) is 5.49. The van der Waals surface area contributed by atoms with Crippen molar-refractivity contribution in [1.82, 2.24) is 4.90 Å². The summed E-state index contributed by atoms with van der Waals surface area (Å²) in [6, 6.07) is 1.84. The molecule has 0 fully saturated rings. The summed E-state index contributed by atoms with van der Waals surface area (Å²) in [6.07, 6.45) is 0.726. The number of rotatable bonds is 5.